The van der Waals surface area contributed by atoms with Gasteiger partial charge >= 0.3 is 5.97 Å². The molecule has 188 valence electrons. The van der Waals surface area contributed by atoms with Crippen molar-refractivity contribution in [2.75, 3.05) is 11.4 Å². The first-order chi connectivity index (χ1) is 18.0. The van der Waals surface area contributed by atoms with Gasteiger partial charge in [0.05, 0.1) is 5.69 Å². The number of hydrogen-bond donors (Lipinski definition) is 2. The first-order valence-corrected chi connectivity index (χ1v) is 12.3. The predicted molar refractivity (Wildman–Crippen MR) is 140 cm³/mol. The van der Waals surface area contributed by atoms with Gasteiger partial charge in [-0.15, -0.1) is 10.2 Å². The van der Waals surface area contributed by atoms with Crippen LogP contribution in [0.5, 0.6) is 0 Å². The fourth-order valence-electron chi connectivity index (χ4n) is 4.54. The molecular formula is C27H28N8O2. The highest BCUT2D eigenvalue weighted by atomic mass is 16.4. The van der Waals surface area contributed by atoms with E-state index >= 15 is 0 Å². The molecule has 2 aromatic carbocycles. The van der Waals surface area contributed by atoms with Crippen LogP contribution in [-0.2, 0) is 24.2 Å². The van der Waals surface area contributed by atoms with E-state index in [4.69, 9.17) is 10.1 Å². The molecule has 0 fully saturated rings. The number of H-pyrrole nitrogens is 1. The number of nitrogens with zero attached hydrogens (tertiary/aromatic N) is 7. The van der Waals surface area contributed by atoms with Crippen LogP contribution < -0.4 is 4.90 Å². The number of aromatic nitrogens is 7. The summed E-state index contributed by atoms with van der Waals surface area (Å²) in [5.41, 5.74) is 7.50. The van der Waals surface area contributed by atoms with E-state index in [1.807, 2.05) is 73.3 Å². The average Bonchev–Trinajstić information content (AvgIpc) is 3.56. The molecule has 5 aromatic rings. The molecule has 0 saturated heterocycles. The highest BCUT2D eigenvalue weighted by Gasteiger charge is 2.20. The van der Waals surface area contributed by atoms with Crippen LogP contribution in [0.25, 0.3) is 28.2 Å². The number of benzene rings is 2. The molecule has 0 aliphatic rings. The van der Waals surface area contributed by atoms with Gasteiger partial charge in [0.15, 0.2) is 5.65 Å². The van der Waals surface area contributed by atoms with Crippen LogP contribution in [-0.4, -0.2) is 52.8 Å². The molecule has 2 N–H and O–H groups in total. The Hall–Kier alpha value is -4.60. The quantitative estimate of drug-likeness (QED) is 0.312. The van der Waals surface area contributed by atoms with E-state index < -0.39 is 5.97 Å². The smallest absolute Gasteiger partial charge is 0.323 e. The lowest BCUT2D eigenvalue weighted by atomic mass is 9.98. The molecule has 0 aliphatic carbocycles. The third-order valence-corrected chi connectivity index (χ3v) is 6.45. The average molecular weight is 497 g/mol. The van der Waals surface area contributed by atoms with Crippen LogP contribution in [0.4, 0.5) is 5.82 Å². The van der Waals surface area contributed by atoms with Gasteiger partial charge in [0.2, 0.25) is 5.82 Å². The van der Waals surface area contributed by atoms with Crippen molar-refractivity contribution in [1.29, 1.82) is 0 Å². The van der Waals surface area contributed by atoms with Gasteiger partial charge in [0, 0.05) is 29.4 Å². The van der Waals surface area contributed by atoms with E-state index in [-0.39, 0.29) is 6.54 Å². The number of hydrogen-bond acceptors (Lipinski definition) is 7. The summed E-state index contributed by atoms with van der Waals surface area (Å²) in [7, 11) is 0. The highest BCUT2D eigenvalue weighted by Crippen LogP contribution is 2.30. The Labute approximate surface area is 214 Å². The normalized spacial score (nSPS) is 11.2. The first-order valence-electron chi connectivity index (χ1n) is 12.3. The second-order valence-electron chi connectivity index (χ2n) is 8.85. The van der Waals surface area contributed by atoms with E-state index in [1.54, 1.807) is 4.52 Å². The first kappa shape index (κ1) is 24.1. The minimum Gasteiger partial charge on any atom is -0.480 e. The van der Waals surface area contributed by atoms with Gasteiger partial charge in [-0.3, -0.25) is 4.79 Å². The number of aromatic amines is 1. The fourth-order valence-corrected chi connectivity index (χ4v) is 4.54. The molecule has 0 atom stereocenters. The molecule has 37 heavy (non-hydrogen) atoms. The van der Waals surface area contributed by atoms with Crippen molar-refractivity contribution in [3.63, 3.8) is 0 Å². The molecular weight excluding hydrogens is 468 g/mol. The van der Waals surface area contributed by atoms with Crippen LogP contribution in [0.1, 0.15) is 36.4 Å². The standard InChI is InChI=1S/C27H28N8O2/c1-4-20-14-24(35-27(28-20)17(3)23(5-2)31-35)34(16-25(36)37)15-18-10-12-19(13-11-18)21-8-6-7-9-22(21)26-29-32-33-30-26/h6-14H,4-5,15-16H2,1-3H3,(H,36,37)(H,29,30,32,33). The summed E-state index contributed by atoms with van der Waals surface area (Å²) in [6.07, 6.45) is 1.52. The van der Waals surface area contributed by atoms with Gasteiger partial charge < -0.3 is 10.0 Å². The number of carboxylic acid groups (broad SMARTS) is 1. The lowest BCUT2D eigenvalue weighted by Gasteiger charge is -2.24. The largest absolute Gasteiger partial charge is 0.480 e. The Kier molecular flexibility index (Phi) is 6.63. The van der Waals surface area contributed by atoms with E-state index in [0.29, 0.717) is 12.4 Å². The number of tetrazole rings is 1. The number of aryl methyl sites for hydroxylation is 3. The van der Waals surface area contributed by atoms with Gasteiger partial charge in [-0.2, -0.15) is 14.8 Å². The van der Waals surface area contributed by atoms with Crippen LogP contribution in [0.15, 0.2) is 54.6 Å². The van der Waals surface area contributed by atoms with Crippen molar-refractivity contribution in [2.45, 2.75) is 40.2 Å². The Morgan fingerprint density at radius 1 is 1.05 bits per heavy atom. The monoisotopic (exact) mass is 496 g/mol. The fraction of sp³-hybridized carbons (Fsp3) is 0.259. The Morgan fingerprint density at radius 2 is 1.81 bits per heavy atom. The molecule has 0 bridgehead atoms. The van der Waals surface area contributed by atoms with Crippen LogP contribution >= 0.6 is 0 Å². The molecule has 3 heterocycles. The van der Waals surface area contributed by atoms with Gasteiger partial charge in [-0.1, -0.05) is 62.4 Å². The Morgan fingerprint density at radius 3 is 2.46 bits per heavy atom. The van der Waals surface area contributed by atoms with Crippen molar-refractivity contribution < 1.29 is 9.90 Å². The van der Waals surface area contributed by atoms with Gasteiger partial charge in [0.1, 0.15) is 12.4 Å². The second kappa shape index (κ2) is 10.2. The number of carbonyl (C=O) groups is 1. The van der Waals surface area contributed by atoms with Crippen LogP contribution in [0, 0.1) is 6.92 Å². The summed E-state index contributed by atoms with van der Waals surface area (Å²) >= 11 is 0. The van der Waals surface area contributed by atoms with Crippen LogP contribution in [0.2, 0.25) is 0 Å². The van der Waals surface area contributed by atoms with Gasteiger partial charge in [-0.05, 0) is 41.7 Å². The van der Waals surface area contributed by atoms with Crippen LogP contribution in [0.3, 0.4) is 0 Å². The van der Waals surface area contributed by atoms with E-state index in [0.717, 1.165) is 63.5 Å². The second-order valence-corrected chi connectivity index (χ2v) is 8.85. The summed E-state index contributed by atoms with van der Waals surface area (Å²) in [5.74, 6) is 0.341. The SMILES string of the molecule is CCc1cc(N(CC(=O)O)Cc2ccc(-c3ccccc3-c3nn[nH]n3)cc2)n2nc(CC)c(C)c2n1. The molecule has 0 unspecified atom stereocenters. The molecule has 10 nitrogen and oxygen atoms in total. The number of anilines is 1. The van der Waals surface area contributed by atoms with Crippen molar-refractivity contribution >= 4 is 17.4 Å². The number of carboxylic acids is 1. The molecule has 0 spiro atoms. The zero-order valence-corrected chi connectivity index (χ0v) is 21.0. The molecule has 0 amide bonds. The molecule has 0 radical (unpaired) electrons. The number of fused-ring (bicyclic) bond motifs is 1. The number of rotatable bonds is 9. The summed E-state index contributed by atoms with van der Waals surface area (Å²) in [6, 6.07) is 17.9. The van der Waals surface area contributed by atoms with Crippen molar-refractivity contribution in [2.24, 2.45) is 0 Å². The number of nitrogens with one attached hydrogen (secondary N) is 1. The van der Waals surface area contributed by atoms with Crippen molar-refractivity contribution in [3.8, 4) is 22.5 Å². The topological polar surface area (TPSA) is 125 Å². The van der Waals surface area contributed by atoms with Gasteiger partial charge in [0.25, 0.3) is 0 Å². The maximum Gasteiger partial charge on any atom is 0.323 e. The lowest BCUT2D eigenvalue weighted by molar-refractivity contribution is -0.135. The molecule has 3 aromatic heterocycles. The zero-order valence-electron chi connectivity index (χ0n) is 21.0. The Balaban J connectivity index is 1.51. The zero-order chi connectivity index (χ0) is 25.9. The minimum atomic E-state index is -0.909. The van der Waals surface area contributed by atoms with Crippen molar-refractivity contribution in [3.05, 3.63) is 77.1 Å². The molecule has 5 rings (SSSR count). The molecule has 0 saturated carbocycles. The third kappa shape index (κ3) is 4.77. The Bertz CT molecular complexity index is 1540. The molecule has 10 heteroatoms. The van der Waals surface area contributed by atoms with Crippen molar-refractivity contribution in [1.82, 2.24) is 35.2 Å². The summed E-state index contributed by atoms with van der Waals surface area (Å²) in [5, 5.41) is 28.9. The minimum absolute atomic E-state index is 0.162. The highest BCUT2D eigenvalue weighted by molar-refractivity contribution is 5.80. The summed E-state index contributed by atoms with van der Waals surface area (Å²) in [4.78, 5) is 18.5. The van der Waals surface area contributed by atoms with Gasteiger partial charge in [-0.25, -0.2) is 4.98 Å². The summed E-state index contributed by atoms with van der Waals surface area (Å²) < 4.78 is 1.78. The van der Waals surface area contributed by atoms with E-state index in [1.165, 1.54) is 0 Å². The molecule has 0 aliphatic heterocycles. The maximum absolute atomic E-state index is 11.9. The predicted octanol–water partition coefficient (Wildman–Crippen LogP) is 4.10. The maximum atomic E-state index is 11.9. The third-order valence-electron chi connectivity index (χ3n) is 6.45. The lowest BCUT2D eigenvalue weighted by Crippen LogP contribution is -2.31. The van der Waals surface area contributed by atoms with E-state index in [2.05, 4.69) is 27.5 Å². The van der Waals surface area contributed by atoms with E-state index in [9.17, 15) is 9.90 Å². The summed E-state index contributed by atoms with van der Waals surface area (Å²) in [6.45, 7) is 6.36. The number of aliphatic carboxylic acids is 1.